The molecule has 0 heterocycles. The predicted octanol–water partition coefficient (Wildman–Crippen LogP) is 4.08. The first-order valence-corrected chi connectivity index (χ1v) is 24.7. The van der Waals surface area contributed by atoms with Gasteiger partial charge in [0.2, 0.25) is 0 Å². The molecule has 0 aliphatic carbocycles. The molecule has 0 bridgehead atoms. The van der Waals surface area contributed by atoms with Crippen LogP contribution >= 0.6 is 0 Å². The Bertz CT molecular complexity index is 169. The Hall–Kier alpha value is 1.34. The van der Waals surface area contributed by atoms with Crippen molar-refractivity contribution in [2.45, 2.75) is 43.5 Å². The van der Waals surface area contributed by atoms with Crippen molar-refractivity contribution in [2.24, 2.45) is 0 Å². The second kappa shape index (κ2) is 4.24. The average Bonchev–Trinajstić information content (AvgIpc) is 1.49. The summed E-state index contributed by atoms with van der Waals surface area (Å²) in [5.41, 5.74) is 1.65. The van der Waals surface area contributed by atoms with Gasteiger partial charge in [-0.15, -0.1) is 0 Å². The number of hydrogen-bond acceptors (Lipinski definition) is 0. The first kappa shape index (κ1) is 13.3. The van der Waals surface area contributed by atoms with Gasteiger partial charge in [-0.25, -0.2) is 0 Å². The number of allylic oxidation sites excluding steroid dienone is 1. The molecule has 12 heavy (non-hydrogen) atoms. The standard InChI is InChI=1S/C4H6.6CH3.2Sn/c1-4(2)3;;;;;;;;/h1-2H3;6*1H3;;. The van der Waals surface area contributed by atoms with E-state index in [1.165, 1.54) is 0 Å². The Balaban J connectivity index is 5.13. The van der Waals surface area contributed by atoms with Crippen molar-refractivity contribution < 1.29 is 0 Å². The van der Waals surface area contributed by atoms with E-state index in [1.807, 2.05) is 1.60 Å². The maximum absolute atomic E-state index is 2.55. The molecule has 0 N–H and O–H groups in total. The Morgan fingerprint density at radius 3 is 0.917 bits per heavy atom. The monoisotopic (exact) mass is 384 g/mol. The van der Waals surface area contributed by atoms with E-state index in [4.69, 9.17) is 0 Å². The number of hydrogen-bond donors (Lipinski definition) is 0. The van der Waals surface area contributed by atoms with E-state index in [0.717, 1.165) is 0 Å². The molecule has 0 spiro atoms. The topological polar surface area (TPSA) is 0 Å². The van der Waals surface area contributed by atoms with Crippen molar-refractivity contribution in [1.82, 2.24) is 0 Å². The van der Waals surface area contributed by atoms with Gasteiger partial charge in [0, 0.05) is 0 Å². The van der Waals surface area contributed by atoms with E-state index in [0.29, 0.717) is 0 Å². The van der Waals surface area contributed by atoms with E-state index in [2.05, 4.69) is 43.5 Å². The second-order valence-electron chi connectivity index (χ2n) is 5.88. The predicted molar refractivity (Wildman–Crippen MR) is 65.1 cm³/mol. The fraction of sp³-hybridized carbons (Fsp3) is 0.800. The minimum atomic E-state index is -1.73. The Morgan fingerprint density at radius 1 is 0.667 bits per heavy atom. The molecule has 0 saturated carbocycles. The van der Waals surface area contributed by atoms with Crippen LogP contribution in [0.3, 0.4) is 0 Å². The molecule has 0 atom stereocenters. The third-order valence-electron chi connectivity index (χ3n) is 2.00. The maximum atomic E-state index is 2.55. The van der Waals surface area contributed by atoms with Crippen LogP contribution in [0.5, 0.6) is 0 Å². The van der Waals surface area contributed by atoms with Crippen LogP contribution in [0.4, 0.5) is 0 Å². The van der Waals surface area contributed by atoms with Crippen LogP contribution in [-0.4, -0.2) is 36.8 Å². The van der Waals surface area contributed by atoms with Gasteiger partial charge >= 0.3 is 87.4 Å². The Morgan fingerprint density at radius 2 is 0.917 bits per heavy atom. The number of rotatable bonds is 2. The van der Waals surface area contributed by atoms with E-state index in [-0.39, 0.29) is 0 Å². The zero-order valence-electron chi connectivity index (χ0n) is 10.0. The molecule has 0 saturated heterocycles. The van der Waals surface area contributed by atoms with Crippen LogP contribution in [0.2, 0.25) is 29.6 Å². The summed E-state index contributed by atoms with van der Waals surface area (Å²) in [6.07, 6.45) is 0. The Kier molecular flexibility index (Phi) is 4.71. The Labute approximate surface area is 86.6 Å². The molecular formula is C10H24Sn2. The zero-order valence-corrected chi connectivity index (χ0v) is 15.7. The van der Waals surface area contributed by atoms with E-state index >= 15 is 0 Å². The summed E-state index contributed by atoms with van der Waals surface area (Å²) in [6.45, 7) is 4.64. The SMILES string of the molecule is CC(C)=[C]([Sn]([CH3])([CH3])[CH3])[Sn]([CH3])([CH3])[CH3]. The van der Waals surface area contributed by atoms with Gasteiger partial charge in [-0.3, -0.25) is 0 Å². The van der Waals surface area contributed by atoms with Crippen LogP contribution in [0.15, 0.2) is 7.18 Å². The van der Waals surface area contributed by atoms with Gasteiger partial charge in [-0.1, -0.05) is 0 Å². The third-order valence-corrected chi connectivity index (χ3v) is 42.1. The molecule has 0 amide bonds. The van der Waals surface area contributed by atoms with Crippen LogP contribution in [0, 0.1) is 0 Å². The van der Waals surface area contributed by atoms with Crippen molar-refractivity contribution in [2.75, 3.05) is 0 Å². The normalized spacial score (nSPS) is 13.0. The molecule has 0 fully saturated rings. The van der Waals surface area contributed by atoms with Crippen molar-refractivity contribution >= 4 is 36.8 Å². The van der Waals surface area contributed by atoms with Crippen molar-refractivity contribution in [3.05, 3.63) is 7.18 Å². The van der Waals surface area contributed by atoms with Crippen molar-refractivity contribution in [1.29, 1.82) is 0 Å². The summed E-state index contributed by atoms with van der Waals surface area (Å²) in [5, 5.41) is 0. The average molecular weight is 382 g/mol. The first-order chi connectivity index (χ1) is 5.07. The summed E-state index contributed by atoms with van der Waals surface area (Å²) in [7, 11) is 0. The minimum absolute atomic E-state index is 1.65. The third kappa shape index (κ3) is 4.03. The van der Waals surface area contributed by atoms with Gasteiger partial charge in [0.15, 0.2) is 0 Å². The van der Waals surface area contributed by atoms with E-state index < -0.39 is 36.8 Å². The summed E-state index contributed by atoms with van der Waals surface area (Å²) < 4.78 is 2.00. The van der Waals surface area contributed by atoms with Gasteiger partial charge in [-0.2, -0.15) is 0 Å². The van der Waals surface area contributed by atoms with E-state index in [9.17, 15) is 0 Å². The van der Waals surface area contributed by atoms with E-state index in [1.54, 1.807) is 5.57 Å². The first-order valence-electron chi connectivity index (χ1n) is 4.75. The molecule has 0 rings (SSSR count). The molecule has 0 unspecified atom stereocenters. The molecule has 2 heteroatoms. The van der Waals surface area contributed by atoms with Gasteiger partial charge in [0.05, 0.1) is 0 Å². The van der Waals surface area contributed by atoms with Crippen LogP contribution in [0.1, 0.15) is 13.8 Å². The second-order valence-corrected chi connectivity index (χ2v) is 38.5. The van der Waals surface area contributed by atoms with Gasteiger partial charge in [0.1, 0.15) is 0 Å². The fourth-order valence-corrected chi connectivity index (χ4v) is 60.7. The quantitative estimate of drug-likeness (QED) is 0.632. The molecule has 0 nitrogen and oxygen atoms in total. The molecule has 0 aromatic carbocycles. The fourth-order valence-electron chi connectivity index (χ4n) is 2.62. The van der Waals surface area contributed by atoms with Crippen LogP contribution in [-0.2, 0) is 0 Å². The van der Waals surface area contributed by atoms with Crippen LogP contribution in [0.25, 0.3) is 0 Å². The molecule has 0 radical (unpaired) electrons. The summed E-state index contributed by atoms with van der Waals surface area (Å²) in [4.78, 5) is 15.3. The van der Waals surface area contributed by atoms with Gasteiger partial charge in [0.25, 0.3) is 0 Å². The molecule has 72 valence electrons. The van der Waals surface area contributed by atoms with Gasteiger partial charge in [-0.05, 0) is 0 Å². The molecule has 0 aromatic heterocycles. The summed E-state index contributed by atoms with van der Waals surface area (Å²) >= 11 is -3.47. The molecule has 0 aliphatic rings. The summed E-state index contributed by atoms with van der Waals surface area (Å²) in [5.74, 6) is 0. The van der Waals surface area contributed by atoms with Crippen molar-refractivity contribution in [3.8, 4) is 0 Å². The molecular weight excluding hydrogens is 358 g/mol. The molecule has 0 aliphatic heterocycles. The summed E-state index contributed by atoms with van der Waals surface area (Å²) in [6, 6.07) is 0. The van der Waals surface area contributed by atoms with Gasteiger partial charge < -0.3 is 0 Å². The molecule has 0 aromatic rings. The zero-order chi connectivity index (χ0) is 10.2. The van der Waals surface area contributed by atoms with Crippen molar-refractivity contribution in [3.63, 3.8) is 0 Å². The van der Waals surface area contributed by atoms with Crippen LogP contribution < -0.4 is 0 Å².